The summed E-state index contributed by atoms with van der Waals surface area (Å²) in [5.41, 5.74) is 0.317. The van der Waals surface area contributed by atoms with E-state index < -0.39 is 11.6 Å². The molecule has 1 heterocycles. The number of aliphatic imine (C=N–C) groups is 1. The van der Waals surface area contributed by atoms with Crippen LogP contribution in [0.25, 0.3) is 0 Å². The van der Waals surface area contributed by atoms with Crippen LogP contribution in [0.5, 0.6) is 5.88 Å². The van der Waals surface area contributed by atoms with Crippen molar-refractivity contribution in [3.05, 3.63) is 54.9 Å². The first kappa shape index (κ1) is 17.7. The highest BCUT2D eigenvalue weighted by Gasteiger charge is 2.16. The number of hydrogen-bond acceptors (Lipinski definition) is 4. The molecule has 0 aliphatic rings. The third kappa shape index (κ3) is 3.46. The number of aromatic hydroxyl groups is 1. The molecule has 0 aliphatic heterocycles. The molecule has 0 bridgehead atoms. The fourth-order valence-corrected chi connectivity index (χ4v) is 2.55. The molecule has 24 heavy (non-hydrogen) atoms. The van der Waals surface area contributed by atoms with Crippen molar-refractivity contribution in [2.75, 3.05) is 5.32 Å². The van der Waals surface area contributed by atoms with E-state index in [0.29, 0.717) is 5.69 Å². The first-order valence-corrected chi connectivity index (χ1v) is 7.87. The van der Waals surface area contributed by atoms with Crippen molar-refractivity contribution in [1.82, 2.24) is 4.57 Å². The zero-order valence-electron chi connectivity index (χ0n) is 12.9. The lowest BCUT2D eigenvalue weighted by atomic mass is 10.1. The van der Waals surface area contributed by atoms with Crippen LogP contribution in [-0.4, -0.2) is 21.9 Å². The summed E-state index contributed by atoms with van der Waals surface area (Å²) in [6.07, 6.45) is 1.14. The summed E-state index contributed by atoms with van der Waals surface area (Å²) in [6, 6.07) is 8.36. The van der Waals surface area contributed by atoms with Crippen molar-refractivity contribution < 1.29 is 9.90 Å². The van der Waals surface area contributed by atoms with Crippen molar-refractivity contribution in [2.24, 2.45) is 12.0 Å². The summed E-state index contributed by atoms with van der Waals surface area (Å²) >= 11 is 2.08. The van der Waals surface area contributed by atoms with E-state index in [4.69, 9.17) is 5.26 Å². The Kier molecular flexibility index (Phi) is 5.35. The highest BCUT2D eigenvalue weighted by atomic mass is 127. The molecule has 0 aliphatic carbocycles. The Labute approximate surface area is 151 Å². The lowest BCUT2D eigenvalue weighted by Gasteiger charge is -2.09. The molecule has 0 radical (unpaired) electrons. The number of para-hydroxylation sites is 1. The lowest BCUT2D eigenvalue weighted by Crippen LogP contribution is -2.22. The number of nitriles is 1. The molecule has 1 aromatic carbocycles. The second-order valence-electron chi connectivity index (χ2n) is 4.88. The van der Waals surface area contributed by atoms with Crippen LogP contribution in [0.1, 0.15) is 16.7 Å². The number of halogens is 1. The van der Waals surface area contributed by atoms with Gasteiger partial charge in [-0.05, 0) is 47.2 Å². The van der Waals surface area contributed by atoms with Gasteiger partial charge in [-0.1, -0.05) is 12.1 Å². The summed E-state index contributed by atoms with van der Waals surface area (Å²) in [5, 5.41) is 21.7. The molecule has 2 rings (SSSR count). The van der Waals surface area contributed by atoms with E-state index in [1.807, 2.05) is 12.1 Å². The fraction of sp³-hybridized carbons (Fsp3) is 0.125. The molecule has 8 heteroatoms. The number of benzene rings is 1. The minimum absolute atomic E-state index is 0.102. The predicted octanol–water partition coefficient (Wildman–Crippen LogP) is 2.53. The second kappa shape index (κ2) is 7.27. The summed E-state index contributed by atoms with van der Waals surface area (Å²) in [4.78, 5) is 27.5. The molecule has 1 aromatic heterocycles. The highest BCUT2D eigenvalue weighted by Crippen LogP contribution is 2.19. The molecular formula is C16H13IN4O3. The van der Waals surface area contributed by atoms with E-state index in [0.717, 1.165) is 14.4 Å². The van der Waals surface area contributed by atoms with E-state index in [1.165, 1.54) is 14.0 Å². The van der Waals surface area contributed by atoms with Crippen LogP contribution >= 0.6 is 22.6 Å². The third-order valence-corrected chi connectivity index (χ3v) is 4.33. The number of pyridine rings is 1. The topological polar surface area (TPSA) is 107 Å². The van der Waals surface area contributed by atoms with Gasteiger partial charge in [0.25, 0.3) is 5.56 Å². The van der Waals surface area contributed by atoms with E-state index in [9.17, 15) is 14.7 Å². The maximum absolute atomic E-state index is 11.9. The van der Waals surface area contributed by atoms with Gasteiger partial charge in [-0.15, -0.1) is 0 Å². The SMILES string of the molecule is Cc1c(C=NC(=O)Nc2ccccc2I)c(O)n(C)c(=O)c1C#N. The summed E-state index contributed by atoms with van der Waals surface area (Å²) in [7, 11) is 1.34. The van der Waals surface area contributed by atoms with Gasteiger partial charge in [0.2, 0.25) is 5.88 Å². The number of aromatic nitrogens is 1. The molecule has 0 spiro atoms. The highest BCUT2D eigenvalue weighted by molar-refractivity contribution is 14.1. The van der Waals surface area contributed by atoms with Gasteiger partial charge in [0.05, 0.1) is 11.3 Å². The molecular weight excluding hydrogens is 423 g/mol. The molecule has 0 fully saturated rings. The van der Waals surface area contributed by atoms with Crippen LogP contribution in [0.3, 0.4) is 0 Å². The zero-order valence-corrected chi connectivity index (χ0v) is 15.0. The third-order valence-electron chi connectivity index (χ3n) is 3.39. The quantitative estimate of drug-likeness (QED) is 0.557. The van der Waals surface area contributed by atoms with Gasteiger partial charge < -0.3 is 10.4 Å². The second-order valence-corrected chi connectivity index (χ2v) is 6.04. The van der Waals surface area contributed by atoms with Crippen molar-refractivity contribution >= 4 is 40.5 Å². The Morgan fingerprint density at radius 1 is 1.46 bits per heavy atom. The van der Waals surface area contributed by atoms with Crippen LogP contribution in [0.15, 0.2) is 34.1 Å². The van der Waals surface area contributed by atoms with Crippen LogP contribution in [-0.2, 0) is 7.05 Å². The van der Waals surface area contributed by atoms with Crippen molar-refractivity contribution in [3.8, 4) is 11.9 Å². The number of carbonyl (C=O) groups excluding carboxylic acids is 1. The number of carbonyl (C=O) groups is 1. The minimum Gasteiger partial charge on any atom is -0.494 e. The Bertz CT molecular complexity index is 942. The number of anilines is 1. The fourth-order valence-electron chi connectivity index (χ4n) is 2.03. The lowest BCUT2D eigenvalue weighted by molar-refractivity contribution is 0.259. The molecule has 0 atom stereocenters. The summed E-state index contributed by atoms with van der Waals surface area (Å²) in [5.74, 6) is -0.359. The zero-order chi connectivity index (χ0) is 17.9. The van der Waals surface area contributed by atoms with Crippen molar-refractivity contribution in [1.29, 1.82) is 5.26 Å². The normalized spacial score (nSPS) is 10.6. The van der Waals surface area contributed by atoms with Crippen LogP contribution < -0.4 is 10.9 Å². The monoisotopic (exact) mass is 436 g/mol. The molecule has 2 amide bonds. The minimum atomic E-state index is -0.634. The molecule has 0 saturated heterocycles. The van der Waals surface area contributed by atoms with Gasteiger partial charge in [-0.25, -0.2) is 9.79 Å². The molecule has 0 unspecified atom stereocenters. The van der Waals surface area contributed by atoms with Gasteiger partial charge in [0, 0.05) is 16.8 Å². The molecule has 122 valence electrons. The van der Waals surface area contributed by atoms with Crippen molar-refractivity contribution in [3.63, 3.8) is 0 Å². The smallest absolute Gasteiger partial charge is 0.345 e. The Balaban J connectivity index is 2.35. The van der Waals surface area contributed by atoms with Gasteiger partial charge in [0.1, 0.15) is 11.6 Å². The average molecular weight is 436 g/mol. The maximum Gasteiger partial charge on any atom is 0.345 e. The van der Waals surface area contributed by atoms with Crippen molar-refractivity contribution in [2.45, 2.75) is 6.92 Å². The van der Waals surface area contributed by atoms with Crippen LogP contribution in [0, 0.1) is 21.8 Å². The van der Waals surface area contributed by atoms with Gasteiger partial charge in [-0.3, -0.25) is 9.36 Å². The van der Waals surface area contributed by atoms with E-state index in [1.54, 1.807) is 18.2 Å². The largest absolute Gasteiger partial charge is 0.494 e. The predicted molar refractivity (Wildman–Crippen MR) is 98.6 cm³/mol. The number of rotatable bonds is 2. The van der Waals surface area contributed by atoms with E-state index in [-0.39, 0.29) is 22.6 Å². The Hall–Kier alpha value is -2.67. The average Bonchev–Trinajstić information content (AvgIpc) is 2.55. The van der Waals surface area contributed by atoms with Crippen LogP contribution in [0.2, 0.25) is 0 Å². The van der Waals surface area contributed by atoms with Gasteiger partial charge >= 0.3 is 6.03 Å². The molecule has 7 nitrogen and oxygen atoms in total. The number of amides is 2. The van der Waals surface area contributed by atoms with Gasteiger partial charge in [0.15, 0.2) is 0 Å². The molecule has 0 saturated carbocycles. The first-order chi connectivity index (χ1) is 11.4. The Morgan fingerprint density at radius 3 is 2.75 bits per heavy atom. The molecule has 2 aromatic rings. The maximum atomic E-state index is 11.9. The number of urea groups is 1. The first-order valence-electron chi connectivity index (χ1n) is 6.79. The number of nitrogens with one attached hydrogen (secondary N) is 1. The standard InChI is InChI=1S/C16H13IN4O3/c1-9-10(7-18)14(22)21(2)15(23)11(9)8-19-16(24)20-13-6-4-3-5-12(13)17/h3-6,8,23H,1-2H3,(H,20,24). The summed E-state index contributed by atoms with van der Waals surface area (Å²) in [6.45, 7) is 1.51. The van der Waals surface area contributed by atoms with Gasteiger partial charge in [-0.2, -0.15) is 5.26 Å². The van der Waals surface area contributed by atoms with E-state index in [2.05, 4.69) is 32.9 Å². The van der Waals surface area contributed by atoms with E-state index >= 15 is 0 Å². The summed E-state index contributed by atoms with van der Waals surface area (Å²) < 4.78 is 1.79. The molecule has 2 N–H and O–H groups in total. The Morgan fingerprint density at radius 2 is 2.12 bits per heavy atom. The number of nitrogens with zero attached hydrogens (tertiary/aromatic N) is 3. The van der Waals surface area contributed by atoms with Crippen LogP contribution in [0.4, 0.5) is 10.5 Å². The number of hydrogen-bond donors (Lipinski definition) is 2.